The topological polar surface area (TPSA) is 57.8 Å². The third-order valence-corrected chi connectivity index (χ3v) is 5.44. The Balaban J connectivity index is 1.62. The number of fused-ring (bicyclic) bond motifs is 3. The van der Waals surface area contributed by atoms with E-state index in [0.29, 0.717) is 0 Å². The Morgan fingerprint density at radius 3 is 2.91 bits per heavy atom. The molecule has 2 heterocycles. The number of aryl methyl sites for hydroxylation is 2. The van der Waals surface area contributed by atoms with Crippen LogP contribution < -0.4 is 5.32 Å². The first-order chi connectivity index (χ1) is 11.1. The Morgan fingerprint density at radius 2 is 2.04 bits per heavy atom. The van der Waals surface area contributed by atoms with Gasteiger partial charge in [-0.3, -0.25) is 9.89 Å². The number of hydrogen-bond donors (Lipinski definition) is 2. The second kappa shape index (κ2) is 4.02. The number of carbonyl (C=O) groups excluding carboxylic acids is 1. The maximum Gasteiger partial charge on any atom is 0.235 e. The molecule has 114 valence electrons. The van der Waals surface area contributed by atoms with Gasteiger partial charge in [0.2, 0.25) is 5.91 Å². The lowest BCUT2D eigenvalue weighted by Crippen LogP contribution is -2.21. The molecule has 2 aliphatic rings. The van der Waals surface area contributed by atoms with Gasteiger partial charge >= 0.3 is 0 Å². The number of aromatic nitrogens is 2. The highest BCUT2D eigenvalue weighted by Crippen LogP contribution is 2.65. The van der Waals surface area contributed by atoms with E-state index in [9.17, 15) is 4.79 Å². The van der Waals surface area contributed by atoms with Crippen LogP contribution in [0.4, 0.5) is 5.69 Å². The molecule has 4 heteroatoms. The molecule has 1 saturated carbocycles. The van der Waals surface area contributed by atoms with Crippen molar-refractivity contribution in [2.75, 3.05) is 5.32 Å². The molecule has 4 nitrogen and oxygen atoms in total. The Bertz CT molecular complexity index is 987. The lowest BCUT2D eigenvalue weighted by molar-refractivity contribution is -0.118. The van der Waals surface area contributed by atoms with Crippen molar-refractivity contribution in [2.45, 2.75) is 31.6 Å². The fourth-order valence-corrected chi connectivity index (χ4v) is 4.09. The SMILES string of the molecule is Cc1ccc2c(c1)C1(CC1c1ccc3c(C)[nH]nc3c1)C(=O)N2. The molecule has 1 aliphatic carbocycles. The highest BCUT2D eigenvalue weighted by atomic mass is 16.2. The van der Waals surface area contributed by atoms with Crippen molar-refractivity contribution < 1.29 is 4.79 Å². The van der Waals surface area contributed by atoms with E-state index in [1.807, 2.05) is 19.1 Å². The van der Waals surface area contributed by atoms with Gasteiger partial charge in [-0.15, -0.1) is 0 Å². The van der Waals surface area contributed by atoms with Crippen molar-refractivity contribution in [3.8, 4) is 0 Å². The van der Waals surface area contributed by atoms with Crippen LogP contribution in [-0.2, 0) is 10.2 Å². The highest BCUT2D eigenvalue weighted by Gasteiger charge is 2.65. The minimum absolute atomic E-state index is 0.140. The molecule has 1 aromatic heterocycles. The summed E-state index contributed by atoms with van der Waals surface area (Å²) in [4.78, 5) is 12.6. The average Bonchev–Trinajstić information content (AvgIpc) is 3.12. The van der Waals surface area contributed by atoms with E-state index in [1.165, 1.54) is 11.1 Å². The summed E-state index contributed by atoms with van der Waals surface area (Å²) in [5.74, 6) is 0.383. The number of H-pyrrole nitrogens is 1. The number of nitrogens with one attached hydrogen (secondary N) is 2. The van der Waals surface area contributed by atoms with Gasteiger partial charge in [0, 0.05) is 22.7 Å². The maximum absolute atomic E-state index is 12.6. The van der Waals surface area contributed by atoms with Gasteiger partial charge in [-0.25, -0.2) is 0 Å². The molecule has 2 N–H and O–H groups in total. The Hall–Kier alpha value is -2.62. The number of anilines is 1. The molecule has 1 fully saturated rings. The number of hydrogen-bond acceptors (Lipinski definition) is 2. The first kappa shape index (κ1) is 12.9. The smallest absolute Gasteiger partial charge is 0.235 e. The van der Waals surface area contributed by atoms with Gasteiger partial charge in [0.1, 0.15) is 0 Å². The molecule has 23 heavy (non-hydrogen) atoms. The Morgan fingerprint density at radius 1 is 1.17 bits per heavy atom. The zero-order chi connectivity index (χ0) is 15.8. The lowest BCUT2D eigenvalue weighted by atomic mass is 9.91. The number of rotatable bonds is 1. The molecule has 1 aliphatic heterocycles. The van der Waals surface area contributed by atoms with Crippen molar-refractivity contribution in [3.63, 3.8) is 0 Å². The van der Waals surface area contributed by atoms with Crippen LogP contribution in [0, 0.1) is 13.8 Å². The number of nitrogens with zero attached hydrogens (tertiary/aromatic N) is 1. The Labute approximate surface area is 133 Å². The van der Waals surface area contributed by atoms with Gasteiger partial charge < -0.3 is 5.32 Å². The van der Waals surface area contributed by atoms with Crippen LogP contribution >= 0.6 is 0 Å². The van der Waals surface area contributed by atoms with Crippen LogP contribution in [0.25, 0.3) is 10.9 Å². The molecular formula is C19H17N3O. The molecule has 0 saturated heterocycles. The van der Waals surface area contributed by atoms with Gasteiger partial charge in [-0.05, 0) is 43.5 Å². The highest BCUT2D eigenvalue weighted by molar-refractivity contribution is 6.10. The predicted octanol–water partition coefficient (Wildman–Crippen LogP) is 3.56. The van der Waals surface area contributed by atoms with E-state index in [2.05, 4.69) is 46.7 Å². The number of amides is 1. The normalized spacial score (nSPS) is 25.0. The van der Waals surface area contributed by atoms with E-state index >= 15 is 0 Å². The van der Waals surface area contributed by atoms with Gasteiger partial charge in [0.05, 0.1) is 10.9 Å². The molecule has 2 atom stereocenters. The third kappa shape index (κ3) is 1.55. The van der Waals surface area contributed by atoms with E-state index in [-0.39, 0.29) is 17.2 Å². The van der Waals surface area contributed by atoms with E-state index in [4.69, 9.17) is 0 Å². The zero-order valence-corrected chi connectivity index (χ0v) is 13.1. The van der Waals surface area contributed by atoms with Crippen LogP contribution in [0.5, 0.6) is 0 Å². The fourth-order valence-electron chi connectivity index (χ4n) is 4.09. The second-order valence-corrected chi connectivity index (χ2v) is 6.86. The summed E-state index contributed by atoms with van der Waals surface area (Å²) in [7, 11) is 0. The molecule has 2 aromatic carbocycles. The summed E-state index contributed by atoms with van der Waals surface area (Å²) in [6, 6.07) is 12.6. The number of carbonyl (C=O) groups is 1. The summed E-state index contributed by atoms with van der Waals surface area (Å²) >= 11 is 0. The van der Waals surface area contributed by atoms with Gasteiger partial charge in [-0.1, -0.05) is 29.8 Å². The zero-order valence-electron chi connectivity index (χ0n) is 13.1. The summed E-state index contributed by atoms with van der Waals surface area (Å²) in [6.07, 6.45) is 0.879. The minimum Gasteiger partial charge on any atom is -0.325 e. The number of benzene rings is 2. The molecular weight excluding hydrogens is 286 g/mol. The molecule has 0 bridgehead atoms. The second-order valence-electron chi connectivity index (χ2n) is 6.86. The van der Waals surface area contributed by atoms with Crippen molar-refractivity contribution in [3.05, 3.63) is 58.8 Å². The number of aromatic amines is 1. The fraction of sp³-hybridized carbons (Fsp3) is 0.263. The molecule has 2 unspecified atom stereocenters. The first-order valence-electron chi connectivity index (χ1n) is 7.97. The van der Waals surface area contributed by atoms with E-state index < -0.39 is 0 Å². The van der Waals surface area contributed by atoms with Crippen molar-refractivity contribution in [1.82, 2.24) is 10.2 Å². The summed E-state index contributed by atoms with van der Waals surface area (Å²) in [5.41, 5.74) is 6.21. The summed E-state index contributed by atoms with van der Waals surface area (Å²) in [6.45, 7) is 4.10. The van der Waals surface area contributed by atoms with Crippen molar-refractivity contribution >= 4 is 22.5 Å². The van der Waals surface area contributed by atoms with Gasteiger partial charge in [0.15, 0.2) is 0 Å². The lowest BCUT2D eigenvalue weighted by Gasteiger charge is -2.09. The summed E-state index contributed by atoms with van der Waals surface area (Å²) in [5, 5.41) is 11.6. The molecule has 1 amide bonds. The van der Waals surface area contributed by atoms with Crippen LogP contribution in [0.2, 0.25) is 0 Å². The molecule has 5 rings (SSSR count). The molecule has 1 spiro atoms. The van der Waals surface area contributed by atoms with Crippen LogP contribution in [0.1, 0.15) is 34.7 Å². The van der Waals surface area contributed by atoms with E-state index in [1.54, 1.807) is 0 Å². The largest absolute Gasteiger partial charge is 0.325 e. The minimum atomic E-state index is -0.375. The van der Waals surface area contributed by atoms with Crippen molar-refractivity contribution in [1.29, 1.82) is 0 Å². The third-order valence-electron chi connectivity index (χ3n) is 5.44. The predicted molar refractivity (Wildman–Crippen MR) is 89.7 cm³/mol. The van der Waals surface area contributed by atoms with Gasteiger partial charge in [0.25, 0.3) is 0 Å². The summed E-state index contributed by atoms with van der Waals surface area (Å²) < 4.78 is 0. The Kier molecular flexibility index (Phi) is 2.25. The van der Waals surface area contributed by atoms with Crippen molar-refractivity contribution in [2.24, 2.45) is 0 Å². The van der Waals surface area contributed by atoms with Crippen LogP contribution in [0.3, 0.4) is 0 Å². The maximum atomic E-state index is 12.6. The molecule has 3 aromatic rings. The standard InChI is InChI=1S/C19H17N3O/c1-10-3-6-16-14(7-10)19(18(23)20-16)9-15(19)12-4-5-13-11(2)21-22-17(13)8-12/h3-8,15H,9H2,1-2H3,(H,20,23)(H,21,22). The average molecular weight is 303 g/mol. The van der Waals surface area contributed by atoms with E-state index in [0.717, 1.165) is 34.3 Å². The first-order valence-corrected chi connectivity index (χ1v) is 7.97. The molecule has 0 radical (unpaired) electrons. The quantitative estimate of drug-likeness (QED) is 0.722. The van der Waals surface area contributed by atoms with Crippen LogP contribution in [0.15, 0.2) is 36.4 Å². The monoisotopic (exact) mass is 303 g/mol. The van der Waals surface area contributed by atoms with Gasteiger partial charge in [-0.2, -0.15) is 5.10 Å². The van der Waals surface area contributed by atoms with Crippen LogP contribution in [-0.4, -0.2) is 16.1 Å².